The van der Waals surface area contributed by atoms with Crippen molar-refractivity contribution in [2.45, 2.75) is 13.1 Å². The molecular weight excluding hydrogens is 246 g/mol. The lowest BCUT2D eigenvalue weighted by atomic mass is 10.1. The third-order valence-corrected chi connectivity index (χ3v) is 3.17. The maximum Gasteiger partial charge on any atom is 0.0991 e. The first-order valence-electron chi connectivity index (χ1n) is 6.65. The summed E-state index contributed by atoms with van der Waals surface area (Å²) in [5.74, 6) is 0. The first-order valence-corrected chi connectivity index (χ1v) is 6.65. The van der Waals surface area contributed by atoms with Gasteiger partial charge in [-0.05, 0) is 35.4 Å². The van der Waals surface area contributed by atoms with Crippen molar-refractivity contribution in [3.63, 3.8) is 0 Å². The number of nitrogens with zero attached hydrogens (tertiary/aromatic N) is 2. The maximum atomic E-state index is 8.75. The van der Waals surface area contributed by atoms with Crippen molar-refractivity contribution in [1.29, 1.82) is 5.26 Å². The molecular formula is C17H19N3. The molecule has 0 aliphatic heterocycles. The summed E-state index contributed by atoms with van der Waals surface area (Å²) in [6.45, 7) is 1.64. The molecule has 0 spiro atoms. The molecule has 0 radical (unpaired) electrons. The zero-order chi connectivity index (χ0) is 14.4. The molecule has 2 rings (SSSR count). The van der Waals surface area contributed by atoms with Crippen LogP contribution in [0.15, 0.2) is 48.5 Å². The number of nitrogens with one attached hydrogen (secondary N) is 1. The van der Waals surface area contributed by atoms with E-state index < -0.39 is 0 Å². The summed E-state index contributed by atoms with van der Waals surface area (Å²) >= 11 is 0. The summed E-state index contributed by atoms with van der Waals surface area (Å²) in [4.78, 5) is 2.10. The minimum absolute atomic E-state index is 0.701. The average molecular weight is 265 g/mol. The standard InChI is InChI=1S/C17H19N3/c1-20(2)17-5-3-4-16(10-17)13-19-12-15-8-6-14(11-18)7-9-15/h3-10,19H,12-13H2,1-2H3. The zero-order valence-electron chi connectivity index (χ0n) is 11.9. The molecule has 0 saturated heterocycles. The quantitative estimate of drug-likeness (QED) is 0.903. The van der Waals surface area contributed by atoms with Crippen LogP contribution in [0.5, 0.6) is 0 Å². The van der Waals surface area contributed by atoms with E-state index in [1.54, 1.807) is 0 Å². The highest BCUT2D eigenvalue weighted by atomic mass is 15.1. The van der Waals surface area contributed by atoms with Crippen molar-refractivity contribution in [3.8, 4) is 6.07 Å². The van der Waals surface area contributed by atoms with Crippen LogP contribution in [0.1, 0.15) is 16.7 Å². The number of benzene rings is 2. The van der Waals surface area contributed by atoms with Crippen molar-refractivity contribution in [1.82, 2.24) is 5.32 Å². The van der Waals surface area contributed by atoms with Gasteiger partial charge in [-0.15, -0.1) is 0 Å². The van der Waals surface area contributed by atoms with Crippen LogP contribution in [0.4, 0.5) is 5.69 Å². The van der Waals surface area contributed by atoms with Gasteiger partial charge in [0.25, 0.3) is 0 Å². The Balaban J connectivity index is 1.89. The summed E-state index contributed by atoms with van der Waals surface area (Å²) in [7, 11) is 4.09. The molecule has 102 valence electrons. The number of hydrogen-bond donors (Lipinski definition) is 1. The Labute approximate surface area is 120 Å². The highest BCUT2D eigenvalue weighted by Crippen LogP contribution is 2.13. The summed E-state index contributed by atoms with van der Waals surface area (Å²) in [5.41, 5.74) is 4.37. The van der Waals surface area contributed by atoms with E-state index in [0.29, 0.717) is 5.56 Å². The van der Waals surface area contributed by atoms with Crippen LogP contribution >= 0.6 is 0 Å². The molecule has 3 nitrogen and oxygen atoms in total. The minimum atomic E-state index is 0.701. The summed E-state index contributed by atoms with van der Waals surface area (Å²) in [6, 6.07) is 18.3. The van der Waals surface area contributed by atoms with Gasteiger partial charge in [-0.3, -0.25) is 0 Å². The fourth-order valence-corrected chi connectivity index (χ4v) is 1.99. The third-order valence-electron chi connectivity index (χ3n) is 3.17. The molecule has 3 heteroatoms. The van der Waals surface area contributed by atoms with Crippen molar-refractivity contribution >= 4 is 5.69 Å². The average Bonchev–Trinajstić information content (AvgIpc) is 2.48. The molecule has 0 unspecified atom stereocenters. The first-order chi connectivity index (χ1) is 9.69. The van der Waals surface area contributed by atoms with Crippen molar-refractivity contribution in [3.05, 3.63) is 65.2 Å². The molecule has 20 heavy (non-hydrogen) atoms. The van der Waals surface area contributed by atoms with E-state index in [4.69, 9.17) is 5.26 Å². The minimum Gasteiger partial charge on any atom is -0.378 e. The maximum absolute atomic E-state index is 8.75. The highest BCUT2D eigenvalue weighted by molar-refractivity contribution is 5.47. The van der Waals surface area contributed by atoms with E-state index in [1.807, 2.05) is 38.4 Å². The third kappa shape index (κ3) is 3.84. The fourth-order valence-electron chi connectivity index (χ4n) is 1.99. The Hall–Kier alpha value is -2.31. The van der Waals surface area contributed by atoms with Gasteiger partial charge in [0.2, 0.25) is 0 Å². The number of nitriles is 1. The molecule has 0 aliphatic rings. The first kappa shape index (κ1) is 14.1. The topological polar surface area (TPSA) is 39.1 Å². The lowest BCUT2D eigenvalue weighted by molar-refractivity contribution is 0.693. The fraction of sp³-hybridized carbons (Fsp3) is 0.235. The van der Waals surface area contributed by atoms with Gasteiger partial charge < -0.3 is 10.2 Å². The molecule has 2 aromatic carbocycles. The van der Waals surface area contributed by atoms with Crippen LogP contribution in [0, 0.1) is 11.3 Å². The van der Waals surface area contributed by atoms with Gasteiger partial charge in [0, 0.05) is 32.9 Å². The second-order valence-electron chi connectivity index (χ2n) is 4.98. The Morgan fingerprint density at radius 3 is 2.35 bits per heavy atom. The summed E-state index contributed by atoms with van der Waals surface area (Å²) in [5, 5.41) is 12.2. The van der Waals surface area contributed by atoms with Gasteiger partial charge in [0.15, 0.2) is 0 Å². The van der Waals surface area contributed by atoms with Crippen LogP contribution in [-0.2, 0) is 13.1 Å². The second kappa shape index (κ2) is 6.74. The van der Waals surface area contributed by atoms with Crippen LogP contribution in [0.2, 0.25) is 0 Å². The Kier molecular flexibility index (Phi) is 4.75. The molecule has 0 aliphatic carbocycles. The Morgan fingerprint density at radius 1 is 1.00 bits per heavy atom. The predicted octanol–water partition coefficient (Wildman–Crippen LogP) is 2.91. The van der Waals surface area contributed by atoms with Gasteiger partial charge in [-0.1, -0.05) is 24.3 Å². The summed E-state index contributed by atoms with van der Waals surface area (Å²) < 4.78 is 0. The van der Waals surface area contributed by atoms with Crippen molar-refractivity contribution < 1.29 is 0 Å². The molecule has 0 aromatic heterocycles. The van der Waals surface area contributed by atoms with Crippen molar-refractivity contribution in [2.24, 2.45) is 0 Å². The van der Waals surface area contributed by atoms with Gasteiger partial charge in [-0.25, -0.2) is 0 Å². The van der Waals surface area contributed by atoms with E-state index in [1.165, 1.54) is 16.8 Å². The highest BCUT2D eigenvalue weighted by Gasteiger charge is 1.98. The van der Waals surface area contributed by atoms with E-state index in [2.05, 4.69) is 40.6 Å². The number of hydrogen-bond acceptors (Lipinski definition) is 3. The van der Waals surface area contributed by atoms with Gasteiger partial charge in [0.1, 0.15) is 0 Å². The molecule has 0 heterocycles. The number of anilines is 1. The van der Waals surface area contributed by atoms with E-state index in [9.17, 15) is 0 Å². The van der Waals surface area contributed by atoms with E-state index in [0.717, 1.165) is 13.1 Å². The normalized spacial score (nSPS) is 10.1. The van der Waals surface area contributed by atoms with Crippen LogP contribution in [-0.4, -0.2) is 14.1 Å². The predicted molar refractivity (Wildman–Crippen MR) is 82.5 cm³/mol. The Morgan fingerprint density at radius 2 is 1.70 bits per heavy atom. The van der Waals surface area contributed by atoms with Crippen LogP contribution in [0.25, 0.3) is 0 Å². The molecule has 1 N–H and O–H groups in total. The molecule has 0 bridgehead atoms. The SMILES string of the molecule is CN(C)c1cccc(CNCc2ccc(C#N)cc2)c1. The Bertz CT molecular complexity index is 594. The summed E-state index contributed by atoms with van der Waals surface area (Å²) in [6.07, 6.45) is 0. The van der Waals surface area contributed by atoms with E-state index in [-0.39, 0.29) is 0 Å². The van der Waals surface area contributed by atoms with Gasteiger partial charge >= 0.3 is 0 Å². The lowest BCUT2D eigenvalue weighted by Gasteiger charge is -2.14. The molecule has 0 amide bonds. The van der Waals surface area contributed by atoms with Gasteiger partial charge in [0.05, 0.1) is 11.6 Å². The molecule has 0 saturated carbocycles. The monoisotopic (exact) mass is 265 g/mol. The largest absolute Gasteiger partial charge is 0.378 e. The van der Waals surface area contributed by atoms with Gasteiger partial charge in [-0.2, -0.15) is 5.26 Å². The smallest absolute Gasteiger partial charge is 0.0991 e. The second-order valence-corrected chi connectivity index (χ2v) is 4.98. The van der Waals surface area contributed by atoms with Crippen LogP contribution in [0.3, 0.4) is 0 Å². The van der Waals surface area contributed by atoms with E-state index >= 15 is 0 Å². The van der Waals surface area contributed by atoms with Crippen LogP contribution < -0.4 is 10.2 Å². The zero-order valence-corrected chi connectivity index (χ0v) is 11.9. The molecule has 0 fully saturated rings. The molecule has 0 atom stereocenters. The molecule has 2 aromatic rings. The lowest BCUT2D eigenvalue weighted by Crippen LogP contribution is -2.14. The van der Waals surface area contributed by atoms with Crippen molar-refractivity contribution in [2.75, 3.05) is 19.0 Å². The number of rotatable bonds is 5.